The van der Waals surface area contributed by atoms with Gasteiger partial charge in [0.05, 0.1) is 6.54 Å². The van der Waals surface area contributed by atoms with Crippen molar-refractivity contribution in [2.45, 2.75) is 19.4 Å². The van der Waals surface area contributed by atoms with E-state index in [2.05, 4.69) is 5.10 Å². The number of rotatable bonds is 4. The average molecular weight is 458 g/mol. The number of carbonyl (C=O) groups is 3. The number of hydrogen-bond acceptors (Lipinski definition) is 4. The lowest BCUT2D eigenvalue weighted by atomic mass is 10.1. The van der Waals surface area contributed by atoms with Gasteiger partial charge in [0.15, 0.2) is 0 Å². The molecule has 0 spiro atoms. The molecule has 2 aliphatic heterocycles. The molecule has 0 N–H and O–H groups in total. The number of hydrogen-bond donors (Lipinski definition) is 0. The monoisotopic (exact) mass is 458 g/mol. The standard InChI is InChI=1S/C23H21F3N4O3/c24-16-6-4-15(5-7-16)14-30-20(31)9-8-19(27-30)22(32)28-10-12-29(13-11-28)23(33)21-17(25)2-1-3-18(21)26/h1-7H,8-14H2. The predicted octanol–water partition coefficient (Wildman–Crippen LogP) is 2.57. The molecule has 172 valence electrons. The fourth-order valence-electron chi connectivity index (χ4n) is 3.80. The van der Waals surface area contributed by atoms with Gasteiger partial charge in [-0.2, -0.15) is 5.10 Å². The number of carbonyl (C=O) groups excluding carboxylic acids is 3. The first-order chi connectivity index (χ1) is 15.8. The van der Waals surface area contributed by atoms with Crippen molar-refractivity contribution in [3.05, 3.63) is 71.0 Å². The van der Waals surface area contributed by atoms with Gasteiger partial charge in [0.2, 0.25) is 5.91 Å². The number of halogens is 3. The number of piperazine rings is 1. The number of hydrazone groups is 1. The van der Waals surface area contributed by atoms with Gasteiger partial charge in [-0.15, -0.1) is 0 Å². The molecule has 0 aromatic heterocycles. The zero-order valence-corrected chi connectivity index (χ0v) is 17.6. The maximum absolute atomic E-state index is 13.9. The highest BCUT2D eigenvalue weighted by molar-refractivity contribution is 6.39. The van der Waals surface area contributed by atoms with Crippen molar-refractivity contribution in [1.29, 1.82) is 0 Å². The summed E-state index contributed by atoms with van der Waals surface area (Å²) in [5.41, 5.74) is 0.287. The van der Waals surface area contributed by atoms with E-state index in [4.69, 9.17) is 0 Å². The third-order valence-corrected chi connectivity index (χ3v) is 5.63. The molecular formula is C23H21F3N4O3. The highest BCUT2D eigenvalue weighted by atomic mass is 19.1. The molecule has 0 saturated carbocycles. The van der Waals surface area contributed by atoms with Crippen molar-refractivity contribution in [2.24, 2.45) is 5.10 Å². The molecule has 0 aliphatic carbocycles. The Morgan fingerprint density at radius 3 is 2.00 bits per heavy atom. The van der Waals surface area contributed by atoms with E-state index in [1.807, 2.05) is 0 Å². The molecular weight excluding hydrogens is 437 g/mol. The lowest BCUT2D eigenvalue weighted by Gasteiger charge is -2.35. The minimum Gasteiger partial charge on any atom is -0.335 e. The Kier molecular flexibility index (Phi) is 6.43. The second-order valence-corrected chi connectivity index (χ2v) is 7.81. The molecule has 2 aliphatic rings. The van der Waals surface area contributed by atoms with E-state index < -0.39 is 28.9 Å². The molecule has 4 rings (SSSR count). The zero-order valence-electron chi connectivity index (χ0n) is 17.6. The van der Waals surface area contributed by atoms with Crippen LogP contribution >= 0.6 is 0 Å². The Morgan fingerprint density at radius 2 is 1.39 bits per heavy atom. The smallest absolute Gasteiger partial charge is 0.270 e. The average Bonchev–Trinajstić information content (AvgIpc) is 2.81. The van der Waals surface area contributed by atoms with Crippen molar-refractivity contribution < 1.29 is 27.6 Å². The van der Waals surface area contributed by atoms with E-state index in [-0.39, 0.29) is 63.1 Å². The summed E-state index contributed by atoms with van der Waals surface area (Å²) in [4.78, 5) is 40.5. The van der Waals surface area contributed by atoms with Gasteiger partial charge in [-0.1, -0.05) is 18.2 Å². The Balaban J connectivity index is 1.40. The summed E-state index contributed by atoms with van der Waals surface area (Å²) in [6, 6.07) is 8.90. The number of benzene rings is 2. The van der Waals surface area contributed by atoms with E-state index >= 15 is 0 Å². The largest absolute Gasteiger partial charge is 0.335 e. The van der Waals surface area contributed by atoms with Crippen LogP contribution in [0.2, 0.25) is 0 Å². The molecule has 10 heteroatoms. The molecule has 3 amide bonds. The van der Waals surface area contributed by atoms with Crippen LogP contribution in [0.5, 0.6) is 0 Å². The fourth-order valence-corrected chi connectivity index (χ4v) is 3.80. The third-order valence-electron chi connectivity index (χ3n) is 5.63. The summed E-state index contributed by atoms with van der Waals surface area (Å²) < 4.78 is 41.0. The van der Waals surface area contributed by atoms with Gasteiger partial charge in [-0.25, -0.2) is 18.2 Å². The predicted molar refractivity (Wildman–Crippen MR) is 112 cm³/mol. The first-order valence-electron chi connectivity index (χ1n) is 10.5. The number of amides is 3. The second kappa shape index (κ2) is 9.43. The van der Waals surface area contributed by atoms with Crippen molar-refractivity contribution >= 4 is 23.4 Å². The van der Waals surface area contributed by atoms with Gasteiger partial charge >= 0.3 is 0 Å². The minimum absolute atomic E-state index is 0.115. The van der Waals surface area contributed by atoms with Crippen LogP contribution < -0.4 is 0 Å². The van der Waals surface area contributed by atoms with Crippen LogP contribution in [0.1, 0.15) is 28.8 Å². The van der Waals surface area contributed by atoms with Crippen molar-refractivity contribution in [1.82, 2.24) is 14.8 Å². The van der Waals surface area contributed by atoms with E-state index in [0.717, 1.165) is 12.1 Å². The Labute approximate surface area is 188 Å². The van der Waals surface area contributed by atoms with Gasteiger partial charge in [-0.05, 0) is 29.8 Å². The maximum Gasteiger partial charge on any atom is 0.270 e. The van der Waals surface area contributed by atoms with Gasteiger partial charge in [0.1, 0.15) is 28.7 Å². The van der Waals surface area contributed by atoms with Crippen LogP contribution in [0.4, 0.5) is 13.2 Å². The summed E-state index contributed by atoms with van der Waals surface area (Å²) in [7, 11) is 0. The summed E-state index contributed by atoms with van der Waals surface area (Å²) in [5.74, 6) is -3.60. The molecule has 2 heterocycles. The van der Waals surface area contributed by atoms with E-state index in [1.165, 1.54) is 33.0 Å². The van der Waals surface area contributed by atoms with Crippen molar-refractivity contribution in [3.63, 3.8) is 0 Å². The molecule has 0 radical (unpaired) electrons. The van der Waals surface area contributed by atoms with E-state index in [0.29, 0.717) is 5.56 Å². The second-order valence-electron chi connectivity index (χ2n) is 7.81. The summed E-state index contributed by atoms with van der Waals surface area (Å²) in [6.45, 7) is 0.692. The lowest BCUT2D eigenvalue weighted by Crippen LogP contribution is -2.53. The van der Waals surface area contributed by atoms with Crippen LogP contribution in [0.3, 0.4) is 0 Å². The van der Waals surface area contributed by atoms with Crippen LogP contribution in [0, 0.1) is 17.5 Å². The Hall–Kier alpha value is -3.69. The van der Waals surface area contributed by atoms with Crippen LogP contribution in [0.15, 0.2) is 47.6 Å². The van der Waals surface area contributed by atoms with Crippen LogP contribution in [0.25, 0.3) is 0 Å². The molecule has 7 nitrogen and oxygen atoms in total. The quantitative estimate of drug-likeness (QED) is 0.707. The molecule has 0 atom stereocenters. The third kappa shape index (κ3) is 4.89. The fraction of sp³-hybridized carbons (Fsp3) is 0.304. The molecule has 1 fully saturated rings. The minimum atomic E-state index is -0.930. The summed E-state index contributed by atoms with van der Waals surface area (Å²) >= 11 is 0. The van der Waals surface area contributed by atoms with E-state index in [1.54, 1.807) is 12.1 Å². The number of nitrogens with zero attached hydrogens (tertiary/aromatic N) is 4. The topological polar surface area (TPSA) is 73.3 Å². The van der Waals surface area contributed by atoms with Gasteiger partial charge in [-0.3, -0.25) is 14.4 Å². The lowest BCUT2D eigenvalue weighted by molar-refractivity contribution is -0.132. The molecule has 33 heavy (non-hydrogen) atoms. The highest BCUT2D eigenvalue weighted by Crippen LogP contribution is 2.18. The first kappa shape index (κ1) is 22.5. The Morgan fingerprint density at radius 1 is 0.818 bits per heavy atom. The van der Waals surface area contributed by atoms with Crippen molar-refractivity contribution in [3.8, 4) is 0 Å². The van der Waals surface area contributed by atoms with Crippen LogP contribution in [-0.4, -0.2) is 64.4 Å². The molecule has 2 aromatic carbocycles. The molecule has 0 bridgehead atoms. The molecule has 1 saturated heterocycles. The van der Waals surface area contributed by atoms with Crippen molar-refractivity contribution in [2.75, 3.05) is 26.2 Å². The maximum atomic E-state index is 13.9. The summed E-state index contributed by atoms with van der Waals surface area (Å²) in [5, 5.41) is 5.42. The van der Waals surface area contributed by atoms with Gasteiger partial charge < -0.3 is 9.80 Å². The highest BCUT2D eigenvalue weighted by Gasteiger charge is 2.32. The normalized spacial score (nSPS) is 16.6. The molecule has 0 unspecified atom stereocenters. The summed E-state index contributed by atoms with van der Waals surface area (Å²) in [6.07, 6.45) is 0.313. The van der Waals surface area contributed by atoms with E-state index in [9.17, 15) is 27.6 Å². The first-order valence-corrected chi connectivity index (χ1v) is 10.5. The van der Waals surface area contributed by atoms with Gasteiger partial charge in [0.25, 0.3) is 11.8 Å². The molecule has 2 aromatic rings. The zero-order chi connectivity index (χ0) is 23.5. The SMILES string of the molecule is O=C(C1=NN(Cc2ccc(F)cc2)C(=O)CC1)N1CCN(C(=O)c2c(F)cccc2F)CC1. The van der Waals surface area contributed by atoms with Crippen LogP contribution in [-0.2, 0) is 16.1 Å². The van der Waals surface area contributed by atoms with Gasteiger partial charge in [0, 0.05) is 39.0 Å². The Bertz CT molecular complexity index is 1090.